The molecule has 0 aromatic heterocycles. The number of aliphatic hydroxyl groups is 1. The molecule has 1 saturated carbocycles. The number of rotatable bonds is 7. The van der Waals surface area contributed by atoms with Crippen molar-refractivity contribution in [2.24, 2.45) is 17.6 Å². The number of ether oxygens (including phenoxy) is 1. The smallest absolute Gasteiger partial charge is 0.404 e. The number of carbonyl (C=O) groups excluding carboxylic acids is 1. The fourth-order valence-electron chi connectivity index (χ4n) is 4.22. The largest absolute Gasteiger partial charge is 0.449 e. The molecule has 0 bridgehead atoms. The minimum atomic E-state index is -3.50. The Morgan fingerprint density at radius 1 is 1.24 bits per heavy atom. The van der Waals surface area contributed by atoms with Crippen LogP contribution in [0.5, 0.6) is 0 Å². The molecule has 1 aromatic carbocycles. The summed E-state index contributed by atoms with van der Waals surface area (Å²) in [5.41, 5.74) is 5.73. The van der Waals surface area contributed by atoms with Gasteiger partial charge >= 0.3 is 6.09 Å². The molecule has 1 amide bonds. The van der Waals surface area contributed by atoms with E-state index in [-0.39, 0.29) is 18.3 Å². The Morgan fingerprint density at radius 3 is 2.41 bits per heavy atom. The highest BCUT2D eigenvalue weighted by Gasteiger charge is 2.33. The molecule has 1 aromatic rings. The number of hydrogen-bond acceptors (Lipinski definition) is 5. The number of benzene rings is 1. The molecular formula is C22H35NO5S. The van der Waals surface area contributed by atoms with Gasteiger partial charge in [0.25, 0.3) is 0 Å². The lowest BCUT2D eigenvalue weighted by Gasteiger charge is -2.31. The highest BCUT2D eigenvalue weighted by molar-refractivity contribution is 7.91. The van der Waals surface area contributed by atoms with E-state index in [1.165, 1.54) is 6.42 Å². The second kappa shape index (κ2) is 9.47. The third kappa shape index (κ3) is 6.19. The van der Waals surface area contributed by atoms with E-state index in [1.54, 1.807) is 25.1 Å². The van der Waals surface area contributed by atoms with E-state index in [0.29, 0.717) is 16.0 Å². The zero-order chi connectivity index (χ0) is 21.8. The molecule has 2 rings (SSSR count). The first kappa shape index (κ1) is 23.7. The van der Waals surface area contributed by atoms with Crippen LogP contribution >= 0.6 is 0 Å². The molecule has 1 fully saturated rings. The number of sulfone groups is 1. The standard InChI is InChI=1S/C22H35NO5S/c1-15(13-28-21(23)25)20(24)17-11-8-12-18(19(17)22(2,3)4)29(26,27)14-16-9-6-5-7-10-16/h8,11-12,15-16,20,24H,5-7,9-10,13-14H2,1-4H3,(H2,23,25). The molecular weight excluding hydrogens is 390 g/mol. The van der Waals surface area contributed by atoms with E-state index >= 15 is 0 Å². The lowest BCUT2D eigenvalue weighted by atomic mass is 9.80. The molecule has 0 radical (unpaired) electrons. The summed E-state index contributed by atoms with van der Waals surface area (Å²) in [6, 6.07) is 5.09. The number of amides is 1. The molecule has 0 saturated heterocycles. The van der Waals surface area contributed by atoms with Crippen LogP contribution in [0.3, 0.4) is 0 Å². The first-order valence-electron chi connectivity index (χ1n) is 10.4. The third-order valence-electron chi connectivity index (χ3n) is 5.67. The number of nitrogens with two attached hydrogens (primary N) is 1. The van der Waals surface area contributed by atoms with Gasteiger partial charge in [0.2, 0.25) is 0 Å². The second-order valence-electron chi connectivity index (χ2n) is 9.31. The molecule has 1 aliphatic rings. The van der Waals surface area contributed by atoms with Gasteiger partial charge in [0.1, 0.15) is 0 Å². The quantitative estimate of drug-likeness (QED) is 0.684. The molecule has 0 spiro atoms. The molecule has 7 heteroatoms. The van der Waals surface area contributed by atoms with Gasteiger partial charge in [0, 0.05) is 5.92 Å². The lowest BCUT2D eigenvalue weighted by molar-refractivity contribution is 0.0629. The van der Waals surface area contributed by atoms with Crippen LogP contribution in [0.25, 0.3) is 0 Å². The van der Waals surface area contributed by atoms with Crippen molar-refractivity contribution in [1.29, 1.82) is 0 Å². The molecule has 1 aliphatic carbocycles. The Labute approximate surface area is 174 Å². The SMILES string of the molecule is CC(COC(N)=O)C(O)c1cccc(S(=O)(=O)CC2CCCCC2)c1C(C)(C)C. The summed E-state index contributed by atoms with van der Waals surface area (Å²) < 4.78 is 31.6. The molecule has 6 nitrogen and oxygen atoms in total. The maximum absolute atomic E-state index is 13.4. The van der Waals surface area contributed by atoms with Gasteiger partial charge in [0.15, 0.2) is 9.84 Å². The molecule has 0 aliphatic heterocycles. The van der Waals surface area contributed by atoms with E-state index in [0.717, 1.165) is 25.7 Å². The molecule has 0 heterocycles. The van der Waals surface area contributed by atoms with Crippen LogP contribution < -0.4 is 5.73 Å². The van der Waals surface area contributed by atoms with Gasteiger partial charge in [-0.3, -0.25) is 0 Å². The molecule has 2 atom stereocenters. The van der Waals surface area contributed by atoms with Crippen LogP contribution in [-0.4, -0.2) is 32.0 Å². The van der Waals surface area contributed by atoms with E-state index < -0.39 is 33.4 Å². The fraction of sp³-hybridized carbons (Fsp3) is 0.682. The predicted molar refractivity (Wildman–Crippen MR) is 113 cm³/mol. The average molecular weight is 426 g/mol. The number of primary amides is 1. The zero-order valence-electron chi connectivity index (χ0n) is 18.0. The molecule has 2 unspecified atom stereocenters. The Balaban J connectivity index is 2.43. The summed E-state index contributed by atoms with van der Waals surface area (Å²) >= 11 is 0. The summed E-state index contributed by atoms with van der Waals surface area (Å²) in [4.78, 5) is 11.2. The van der Waals surface area contributed by atoms with Crippen molar-refractivity contribution in [1.82, 2.24) is 0 Å². The molecule has 164 valence electrons. The number of carbonyl (C=O) groups is 1. The Kier molecular flexibility index (Phi) is 7.74. The van der Waals surface area contributed by atoms with E-state index in [9.17, 15) is 18.3 Å². The van der Waals surface area contributed by atoms with Gasteiger partial charge in [-0.1, -0.05) is 59.1 Å². The highest BCUT2D eigenvalue weighted by atomic mass is 32.2. The Bertz CT molecular complexity index is 807. The van der Waals surface area contributed by atoms with Gasteiger partial charge in [-0.2, -0.15) is 0 Å². The van der Waals surface area contributed by atoms with Gasteiger partial charge in [0.05, 0.1) is 23.4 Å². The van der Waals surface area contributed by atoms with E-state index in [1.807, 2.05) is 20.8 Å². The summed E-state index contributed by atoms with van der Waals surface area (Å²) in [7, 11) is -3.50. The number of aliphatic hydroxyl groups excluding tert-OH is 1. The predicted octanol–water partition coefficient (Wildman–Crippen LogP) is 4.10. The van der Waals surface area contributed by atoms with Gasteiger partial charge < -0.3 is 15.6 Å². The first-order valence-corrected chi connectivity index (χ1v) is 12.0. The Morgan fingerprint density at radius 2 is 1.86 bits per heavy atom. The summed E-state index contributed by atoms with van der Waals surface area (Å²) in [5.74, 6) is -0.0892. The van der Waals surface area contributed by atoms with Gasteiger partial charge in [-0.15, -0.1) is 0 Å². The molecule has 29 heavy (non-hydrogen) atoms. The van der Waals surface area contributed by atoms with Crippen molar-refractivity contribution in [3.8, 4) is 0 Å². The van der Waals surface area contributed by atoms with Crippen molar-refractivity contribution in [3.63, 3.8) is 0 Å². The van der Waals surface area contributed by atoms with Crippen LogP contribution in [0.15, 0.2) is 23.1 Å². The van der Waals surface area contributed by atoms with Gasteiger partial charge in [-0.05, 0) is 41.4 Å². The van der Waals surface area contributed by atoms with Crippen LogP contribution in [0.1, 0.15) is 77.0 Å². The van der Waals surface area contributed by atoms with Crippen LogP contribution in [0, 0.1) is 11.8 Å². The van der Waals surface area contributed by atoms with Crippen molar-refractivity contribution in [2.75, 3.05) is 12.4 Å². The maximum atomic E-state index is 13.4. The number of hydrogen-bond donors (Lipinski definition) is 2. The van der Waals surface area contributed by atoms with Crippen LogP contribution in [-0.2, 0) is 20.0 Å². The maximum Gasteiger partial charge on any atom is 0.404 e. The van der Waals surface area contributed by atoms with Crippen molar-refractivity contribution < 1.29 is 23.1 Å². The average Bonchev–Trinajstić information content (AvgIpc) is 2.64. The summed E-state index contributed by atoms with van der Waals surface area (Å²) in [6.07, 6.45) is 3.38. The van der Waals surface area contributed by atoms with E-state index in [2.05, 4.69) is 0 Å². The minimum Gasteiger partial charge on any atom is -0.449 e. The van der Waals surface area contributed by atoms with Crippen molar-refractivity contribution in [3.05, 3.63) is 29.3 Å². The minimum absolute atomic E-state index is 0.0425. The lowest BCUT2D eigenvalue weighted by Crippen LogP contribution is -2.27. The molecule has 3 N–H and O–H groups in total. The normalized spacial score (nSPS) is 18.2. The monoisotopic (exact) mass is 425 g/mol. The van der Waals surface area contributed by atoms with Gasteiger partial charge in [-0.25, -0.2) is 13.2 Å². The second-order valence-corrected chi connectivity index (χ2v) is 11.3. The first-order chi connectivity index (χ1) is 13.4. The summed E-state index contributed by atoms with van der Waals surface area (Å²) in [6.45, 7) is 7.54. The topological polar surface area (TPSA) is 107 Å². The van der Waals surface area contributed by atoms with Crippen molar-refractivity contribution >= 4 is 15.9 Å². The zero-order valence-corrected chi connectivity index (χ0v) is 18.8. The van der Waals surface area contributed by atoms with E-state index in [4.69, 9.17) is 10.5 Å². The fourth-order valence-corrected chi connectivity index (χ4v) is 6.38. The summed E-state index contributed by atoms with van der Waals surface area (Å²) in [5, 5.41) is 10.9. The highest BCUT2D eigenvalue weighted by Crippen LogP contribution is 2.38. The Hall–Kier alpha value is -1.60. The van der Waals surface area contributed by atoms with Crippen LogP contribution in [0.4, 0.5) is 4.79 Å². The van der Waals surface area contributed by atoms with Crippen molar-refractivity contribution in [2.45, 2.75) is 76.2 Å². The third-order valence-corrected chi connectivity index (χ3v) is 7.59. The van der Waals surface area contributed by atoms with Crippen LogP contribution in [0.2, 0.25) is 0 Å².